The molecule has 2 N–H and O–H groups in total. The van der Waals surface area contributed by atoms with Crippen molar-refractivity contribution < 1.29 is 23.5 Å². The van der Waals surface area contributed by atoms with Crippen LogP contribution in [0.4, 0.5) is 19.3 Å². The van der Waals surface area contributed by atoms with Gasteiger partial charge in [0.05, 0.1) is 6.42 Å². The molecule has 0 radical (unpaired) electrons. The largest absolute Gasteiger partial charge is 0.481 e. The van der Waals surface area contributed by atoms with E-state index in [1.165, 1.54) is 11.0 Å². The molecule has 0 atom stereocenters. The molecule has 1 saturated carbocycles. The number of rotatable bonds is 5. The van der Waals surface area contributed by atoms with Crippen molar-refractivity contribution in [2.24, 2.45) is 0 Å². The Hall–Kier alpha value is -2.18. The lowest BCUT2D eigenvalue weighted by atomic mass is 10.3. The Morgan fingerprint density at radius 3 is 2.40 bits per heavy atom. The number of benzene rings is 1. The monoisotopic (exact) mass is 284 g/mol. The normalized spacial score (nSPS) is 13.9. The van der Waals surface area contributed by atoms with Gasteiger partial charge in [-0.15, -0.1) is 0 Å². The van der Waals surface area contributed by atoms with E-state index in [1.807, 2.05) is 0 Å². The highest BCUT2D eigenvalue weighted by Gasteiger charge is 2.33. The van der Waals surface area contributed by atoms with E-state index in [-0.39, 0.29) is 19.0 Å². The van der Waals surface area contributed by atoms with Crippen LogP contribution in [0.5, 0.6) is 0 Å². The summed E-state index contributed by atoms with van der Waals surface area (Å²) in [6.07, 6.45) is 1.34. The van der Waals surface area contributed by atoms with Crippen LogP contribution in [-0.4, -0.2) is 34.6 Å². The van der Waals surface area contributed by atoms with E-state index in [9.17, 15) is 18.4 Å². The van der Waals surface area contributed by atoms with Gasteiger partial charge in [-0.1, -0.05) is 6.07 Å². The number of hydrogen-bond acceptors (Lipinski definition) is 2. The lowest BCUT2D eigenvalue weighted by Gasteiger charge is -2.22. The topological polar surface area (TPSA) is 69.6 Å². The van der Waals surface area contributed by atoms with Gasteiger partial charge in [0.1, 0.15) is 17.3 Å². The fourth-order valence-corrected chi connectivity index (χ4v) is 1.85. The van der Waals surface area contributed by atoms with Gasteiger partial charge in [0, 0.05) is 12.6 Å². The molecule has 1 aliphatic rings. The van der Waals surface area contributed by atoms with Crippen molar-refractivity contribution in [3.8, 4) is 0 Å². The molecule has 5 nitrogen and oxygen atoms in total. The Bertz CT molecular complexity index is 512. The van der Waals surface area contributed by atoms with Gasteiger partial charge in [-0.2, -0.15) is 0 Å². The van der Waals surface area contributed by atoms with Crippen molar-refractivity contribution >= 4 is 17.7 Å². The average molecular weight is 284 g/mol. The maximum absolute atomic E-state index is 13.4. The Labute approximate surface area is 114 Å². The average Bonchev–Trinajstić information content (AvgIpc) is 3.18. The van der Waals surface area contributed by atoms with Crippen LogP contribution >= 0.6 is 0 Å². The smallest absolute Gasteiger partial charge is 0.322 e. The molecular formula is C13H14F2N2O3. The van der Waals surface area contributed by atoms with E-state index < -0.39 is 29.3 Å². The number of carbonyl (C=O) groups is 2. The summed E-state index contributed by atoms with van der Waals surface area (Å²) in [6, 6.07) is 2.54. The number of halogens is 2. The fourth-order valence-electron chi connectivity index (χ4n) is 1.85. The predicted molar refractivity (Wildman–Crippen MR) is 67.4 cm³/mol. The molecule has 20 heavy (non-hydrogen) atoms. The van der Waals surface area contributed by atoms with E-state index in [2.05, 4.69) is 5.32 Å². The van der Waals surface area contributed by atoms with Gasteiger partial charge in [-0.05, 0) is 25.0 Å². The Balaban J connectivity index is 2.06. The number of carboxylic acid groups (broad SMARTS) is 1. The van der Waals surface area contributed by atoms with Crippen LogP contribution in [0.1, 0.15) is 19.3 Å². The number of aliphatic carboxylic acids is 1. The predicted octanol–water partition coefficient (Wildman–Crippen LogP) is 2.44. The highest BCUT2D eigenvalue weighted by Crippen LogP contribution is 2.28. The van der Waals surface area contributed by atoms with E-state index >= 15 is 0 Å². The van der Waals surface area contributed by atoms with E-state index in [1.54, 1.807) is 0 Å². The van der Waals surface area contributed by atoms with Gasteiger partial charge in [0.15, 0.2) is 0 Å². The molecule has 0 aromatic heterocycles. The third-order valence-corrected chi connectivity index (χ3v) is 3.01. The molecule has 0 saturated heterocycles. The molecule has 0 spiro atoms. The number of para-hydroxylation sites is 1. The van der Waals surface area contributed by atoms with Gasteiger partial charge >= 0.3 is 12.0 Å². The first-order valence-electron chi connectivity index (χ1n) is 6.22. The first-order chi connectivity index (χ1) is 9.49. The summed E-state index contributed by atoms with van der Waals surface area (Å²) >= 11 is 0. The molecule has 2 rings (SSSR count). The summed E-state index contributed by atoms with van der Waals surface area (Å²) in [5, 5.41) is 10.8. The van der Waals surface area contributed by atoms with Crippen molar-refractivity contribution in [3.05, 3.63) is 29.8 Å². The van der Waals surface area contributed by atoms with Crippen LogP contribution in [0.25, 0.3) is 0 Å². The van der Waals surface area contributed by atoms with Crippen molar-refractivity contribution in [3.63, 3.8) is 0 Å². The first kappa shape index (κ1) is 14.2. The molecule has 0 heterocycles. The highest BCUT2D eigenvalue weighted by molar-refractivity contribution is 5.90. The fraction of sp³-hybridized carbons (Fsp3) is 0.385. The molecular weight excluding hydrogens is 270 g/mol. The van der Waals surface area contributed by atoms with Crippen molar-refractivity contribution in [1.82, 2.24) is 4.90 Å². The summed E-state index contributed by atoms with van der Waals surface area (Å²) < 4.78 is 26.9. The second-order valence-electron chi connectivity index (χ2n) is 4.60. The molecule has 108 valence electrons. The van der Waals surface area contributed by atoms with E-state index in [4.69, 9.17) is 5.11 Å². The number of amides is 2. The molecule has 1 aromatic carbocycles. The third kappa shape index (κ3) is 3.43. The lowest BCUT2D eigenvalue weighted by molar-refractivity contribution is -0.137. The van der Waals surface area contributed by atoms with Gasteiger partial charge in [0.2, 0.25) is 0 Å². The number of hydrogen-bond donors (Lipinski definition) is 2. The van der Waals surface area contributed by atoms with Crippen LogP contribution < -0.4 is 5.32 Å². The molecule has 2 amide bonds. The standard InChI is InChI=1S/C13H14F2N2O3/c14-9-2-1-3-10(15)12(9)16-13(20)17(8-4-5-8)7-6-11(18)19/h1-3,8H,4-7H2,(H,16,20)(H,18,19). The van der Waals surface area contributed by atoms with Crippen molar-refractivity contribution in [2.75, 3.05) is 11.9 Å². The first-order valence-corrected chi connectivity index (χ1v) is 6.22. The van der Waals surface area contributed by atoms with Gasteiger partial charge < -0.3 is 15.3 Å². The number of carboxylic acids is 1. The maximum Gasteiger partial charge on any atom is 0.322 e. The zero-order valence-corrected chi connectivity index (χ0v) is 10.6. The molecule has 1 fully saturated rings. The lowest BCUT2D eigenvalue weighted by Crippen LogP contribution is -2.38. The minimum absolute atomic E-state index is 0.0158. The third-order valence-electron chi connectivity index (χ3n) is 3.01. The molecule has 1 aromatic rings. The van der Waals surface area contributed by atoms with E-state index in [0.717, 1.165) is 25.0 Å². The van der Waals surface area contributed by atoms with Crippen molar-refractivity contribution in [1.29, 1.82) is 0 Å². The number of urea groups is 1. The van der Waals surface area contributed by atoms with E-state index in [0.29, 0.717) is 0 Å². The number of carbonyl (C=O) groups excluding carboxylic acids is 1. The minimum atomic E-state index is -1.03. The second-order valence-corrected chi connectivity index (χ2v) is 4.60. The second kappa shape index (κ2) is 5.85. The summed E-state index contributed by atoms with van der Waals surface area (Å²) in [5.74, 6) is -2.76. The molecule has 0 unspecified atom stereocenters. The molecule has 0 bridgehead atoms. The summed E-state index contributed by atoms with van der Waals surface area (Å²) in [5.41, 5.74) is -0.515. The maximum atomic E-state index is 13.4. The Morgan fingerprint density at radius 1 is 1.30 bits per heavy atom. The number of nitrogens with one attached hydrogen (secondary N) is 1. The van der Waals surface area contributed by atoms with Gasteiger partial charge in [-0.3, -0.25) is 4.79 Å². The Morgan fingerprint density at radius 2 is 1.90 bits per heavy atom. The summed E-state index contributed by atoms with van der Waals surface area (Å²) in [6.45, 7) is 0.0158. The van der Waals surface area contributed by atoms with Crippen LogP contribution in [0, 0.1) is 11.6 Å². The van der Waals surface area contributed by atoms with Crippen LogP contribution in [0.2, 0.25) is 0 Å². The number of nitrogens with zero attached hydrogens (tertiary/aromatic N) is 1. The molecule has 0 aliphatic heterocycles. The number of anilines is 1. The van der Waals surface area contributed by atoms with Crippen LogP contribution in [-0.2, 0) is 4.79 Å². The zero-order valence-electron chi connectivity index (χ0n) is 10.6. The zero-order chi connectivity index (χ0) is 14.7. The van der Waals surface area contributed by atoms with Crippen LogP contribution in [0.15, 0.2) is 18.2 Å². The van der Waals surface area contributed by atoms with Gasteiger partial charge in [0.25, 0.3) is 0 Å². The molecule has 1 aliphatic carbocycles. The molecule has 7 heteroatoms. The van der Waals surface area contributed by atoms with Crippen molar-refractivity contribution in [2.45, 2.75) is 25.3 Å². The quantitative estimate of drug-likeness (QED) is 0.872. The summed E-state index contributed by atoms with van der Waals surface area (Å²) in [7, 11) is 0. The Kier molecular flexibility index (Phi) is 4.16. The van der Waals surface area contributed by atoms with Crippen LogP contribution in [0.3, 0.4) is 0 Å². The van der Waals surface area contributed by atoms with Gasteiger partial charge in [-0.25, -0.2) is 13.6 Å². The minimum Gasteiger partial charge on any atom is -0.481 e. The summed E-state index contributed by atoms with van der Waals surface area (Å²) in [4.78, 5) is 23.9. The highest BCUT2D eigenvalue weighted by atomic mass is 19.1. The SMILES string of the molecule is O=C(O)CCN(C(=O)Nc1c(F)cccc1F)C1CC1.